The number of fused-ring (bicyclic) bond motifs is 2. The summed E-state index contributed by atoms with van der Waals surface area (Å²) in [7, 11) is -1.77. The van der Waals surface area contributed by atoms with Crippen LogP contribution in [0.3, 0.4) is 0 Å². The maximum absolute atomic E-state index is 12.2. The summed E-state index contributed by atoms with van der Waals surface area (Å²) in [6, 6.07) is 7.09. The minimum Gasteiger partial charge on any atom is -0.373 e. The normalized spacial score (nSPS) is 25.0. The van der Waals surface area contributed by atoms with E-state index in [-0.39, 0.29) is 47.6 Å². The lowest BCUT2D eigenvalue weighted by Crippen LogP contribution is -2.48. The van der Waals surface area contributed by atoms with Crippen molar-refractivity contribution >= 4 is 40.0 Å². The Bertz CT molecular complexity index is 724. The molecule has 2 fully saturated rings. The smallest absolute Gasteiger partial charge is 0.240 e. The average Bonchev–Trinajstić information content (AvgIpc) is 3.21. The van der Waals surface area contributed by atoms with Crippen LogP contribution in [-0.4, -0.2) is 52.8 Å². The summed E-state index contributed by atoms with van der Waals surface area (Å²) in [5, 5.41) is 6.51. The molecule has 1 aromatic carbocycles. The molecule has 26 heavy (non-hydrogen) atoms. The lowest BCUT2D eigenvalue weighted by molar-refractivity contribution is 0.0992. The number of halogens is 1. The third-order valence-corrected chi connectivity index (χ3v) is 6.17. The average molecular weight is 494 g/mol. The van der Waals surface area contributed by atoms with Crippen LogP contribution >= 0.6 is 24.0 Å². The Morgan fingerprint density at radius 1 is 1.23 bits per heavy atom. The summed E-state index contributed by atoms with van der Waals surface area (Å²) < 4.78 is 32.9. The van der Waals surface area contributed by atoms with Crippen LogP contribution in [0.5, 0.6) is 0 Å². The molecule has 0 saturated carbocycles. The van der Waals surface area contributed by atoms with Crippen LogP contribution in [-0.2, 0) is 14.8 Å². The van der Waals surface area contributed by atoms with Crippen LogP contribution in [0.15, 0.2) is 34.2 Å². The van der Waals surface area contributed by atoms with Crippen LogP contribution in [0.2, 0.25) is 0 Å². The molecule has 9 heteroatoms. The number of nitrogens with one attached hydrogen (secondary N) is 3. The van der Waals surface area contributed by atoms with Gasteiger partial charge in [-0.25, -0.2) is 13.1 Å². The Morgan fingerprint density at radius 2 is 1.96 bits per heavy atom. The van der Waals surface area contributed by atoms with E-state index in [9.17, 15) is 8.42 Å². The van der Waals surface area contributed by atoms with Gasteiger partial charge in [-0.05, 0) is 38.3 Å². The molecule has 3 unspecified atom stereocenters. The number of hydrogen-bond donors (Lipinski definition) is 3. The third-order valence-electron chi connectivity index (χ3n) is 4.69. The summed E-state index contributed by atoms with van der Waals surface area (Å²) in [6.45, 7) is 2.66. The third kappa shape index (κ3) is 5.30. The topological polar surface area (TPSA) is 91.8 Å². The van der Waals surface area contributed by atoms with E-state index in [1.54, 1.807) is 31.3 Å². The molecular formula is C17H27IN4O3S. The van der Waals surface area contributed by atoms with Crippen molar-refractivity contribution in [3.63, 3.8) is 0 Å². The largest absolute Gasteiger partial charge is 0.373 e. The molecule has 3 N–H and O–H groups in total. The Balaban J connectivity index is 0.00000243. The number of hydrogen-bond acceptors (Lipinski definition) is 4. The van der Waals surface area contributed by atoms with E-state index < -0.39 is 10.0 Å². The van der Waals surface area contributed by atoms with E-state index in [2.05, 4.69) is 20.3 Å². The first-order valence-corrected chi connectivity index (χ1v) is 10.2. The van der Waals surface area contributed by atoms with Gasteiger partial charge in [-0.2, -0.15) is 0 Å². The molecule has 2 saturated heterocycles. The minimum absolute atomic E-state index is 0. The maximum Gasteiger partial charge on any atom is 0.240 e. The molecule has 3 atom stereocenters. The van der Waals surface area contributed by atoms with Gasteiger partial charge in [0, 0.05) is 20.1 Å². The summed E-state index contributed by atoms with van der Waals surface area (Å²) in [5.41, 5.74) is 1.03. The number of rotatable bonds is 6. The molecule has 1 aromatic rings. The van der Waals surface area contributed by atoms with Crippen molar-refractivity contribution < 1.29 is 13.2 Å². The van der Waals surface area contributed by atoms with Crippen molar-refractivity contribution in [2.24, 2.45) is 4.99 Å². The predicted octanol–water partition coefficient (Wildman–Crippen LogP) is 1.38. The zero-order valence-electron chi connectivity index (χ0n) is 15.1. The number of ether oxygens (including phenoxy) is 1. The molecule has 146 valence electrons. The van der Waals surface area contributed by atoms with Gasteiger partial charge in [0.25, 0.3) is 0 Å². The quantitative estimate of drug-likeness (QED) is 0.241. The molecule has 2 aliphatic rings. The van der Waals surface area contributed by atoms with Gasteiger partial charge in [0.1, 0.15) is 0 Å². The van der Waals surface area contributed by atoms with Gasteiger partial charge in [0.05, 0.1) is 23.1 Å². The van der Waals surface area contributed by atoms with Crippen molar-refractivity contribution in [2.75, 3.05) is 20.1 Å². The first-order valence-electron chi connectivity index (χ1n) is 8.67. The lowest BCUT2D eigenvalue weighted by Gasteiger charge is -2.22. The molecule has 7 nitrogen and oxygen atoms in total. The molecule has 2 bridgehead atoms. The number of guanidine groups is 1. The number of sulfonamides is 1. The number of aryl methyl sites for hydroxylation is 1. The van der Waals surface area contributed by atoms with Crippen molar-refractivity contribution in [1.29, 1.82) is 0 Å². The highest BCUT2D eigenvalue weighted by Gasteiger charge is 2.41. The van der Waals surface area contributed by atoms with Crippen molar-refractivity contribution in [3.8, 4) is 0 Å². The van der Waals surface area contributed by atoms with E-state index in [0.29, 0.717) is 18.6 Å². The molecule has 0 aliphatic carbocycles. The van der Waals surface area contributed by atoms with E-state index in [1.807, 2.05) is 6.92 Å². The first-order chi connectivity index (χ1) is 12.0. The zero-order valence-corrected chi connectivity index (χ0v) is 18.2. The van der Waals surface area contributed by atoms with Crippen LogP contribution in [0.4, 0.5) is 0 Å². The highest BCUT2D eigenvalue weighted by Crippen LogP contribution is 2.34. The summed E-state index contributed by atoms with van der Waals surface area (Å²) >= 11 is 0. The summed E-state index contributed by atoms with van der Waals surface area (Å²) in [6.07, 6.45) is 3.89. The van der Waals surface area contributed by atoms with E-state index in [1.165, 1.54) is 0 Å². The van der Waals surface area contributed by atoms with Gasteiger partial charge in [-0.3, -0.25) is 4.99 Å². The molecule has 2 heterocycles. The summed E-state index contributed by atoms with van der Waals surface area (Å²) in [4.78, 5) is 4.48. The van der Waals surface area contributed by atoms with E-state index in [4.69, 9.17) is 4.74 Å². The SMILES string of the molecule is CN=C(NCCNS(=O)(=O)c1ccc(C)cc1)NC1CC2CCC1O2.I. The van der Waals surface area contributed by atoms with Crippen LogP contribution in [0.25, 0.3) is 0 Å². The van der Waals surface area contributed by atoms with Crippen molar-refractivity contribution in [3.05, 3.63) is 29.8 Å². The highest BCUT2D eigenvalue weighted by atomic mass is 127. The number of aliphatic imine (C=N–C) groups is 1. The van der Waals surface area contributed by atoms with Crippen LogP contribution in [0.1, 0.15) is 24.8 Å². The first kappa shape index (κ1) is 21.4. The molecule has 3 rings (SSSR count). The van der Waals surface area contributed by atoms with Gasteiger partial charge < -0.3 is 15.4 Å². The fourth-order valence-corrected chi connectivity index (χ4v) is 4.36. The summed E-state index contributed by atoms with van der Waals surface area (Å²) in [5.74, 6) is 0.677. The van der Waals surface area contributed by atoms with Crippen molar-refractivity contribution in [2.45, 2.75) is 49.3 Å². The maximum atomic E-state index is 12.2. The number of benzene rings is 1. The Morgan fingerprint density at radius 3 is 2.54 bits per heavy atom. The second-order valence-corrected chi connectivity index (χ2v) is 8.34. The van der Waals surface area contributed by atoms with Gasteiger partial charge >= 0.3 is 0 Å². The van der Waals surface area contributed by atoms with Gasteiger partial charge in [0.15, 0.2) is 5.96 Å². The van der Waals surface area contributed by atoms with Crippen molar-refractivity contribution in [1.82, 2.24) is 15.4 Å². The lowest BCUT2D eigenvalue weighted by atomic mass is 9.96. The molecule has 0 spiro atoms. The standard InChI is InChI=1S/C17H26N4O3S.HI/c1-12-3-6-14(7-4-12)25(22,23)20-10-9-19-17(18-2)21-15-11-13-5-8-16(15)24-13;/h3-4,6-7,13,15-16,20H,5,8-11H2,1-2H3,(H2,18,19,21);1H. The molecule has 0 radical (unpaired) electrons. The minimum atomic E-state index is -3.48. The van der Waals surface area contributed by atoms with Crippen LogP contribution < -0.4 is 15.4 Å². The Kier molecular flexibility index (Phi) is 7.68. The second-order valence-electron chi connectivity index (χ2n) is 6.57. The van der Waals surface area contributed by atoms with Crippen LogP contribution in [0, 0.1) is 6.92 Å². The van der Waals surface area contributed by atoms with E-state index >= 15 is 0 Å². The Hall–Kier alpha value is -0.910. The Labute approximate surface area is 172 Å². The monoisotopic (exact) mass is 494 g/mol. The van der Waals surface area contributed by atoms with Gasteiger partial charge in [-0.1, -0.05) is 17.7 Å². The molecular weight excluding hydrogens is 467 g/mol. The second kappa shape index (κ2) is 9.34. The van der Waals surface area contributed by atoms with Gasteiger partial charge in [-0.15, -0.1) is 24.0 Å². The van der Waals surface area contributed by atoms with E-state index in [0.717, 1.165) is 24.8 Å². The molecule has 0 aromatic heterocycles. The molecule has 0 amide bonds. The molecule has 2 aliphatic heterocycles. The predicted molar refractivity (Wildman–Crippen MR) is 113 cm³/mol. The zero-order chi connectivity index (χ0) is 17.9. The fraction of sp³-hybridized carbons (Fsp3) is 0.588. The number of nitrogens with zero attached hydrogens (tertiary/aromatic N) is 1. The van der Waals surface area contributed by atoms with Gasteiger partial charge in [0.2, 0.25) is 10.0 Å². The fourth-order valence-electron chi connectivity index (χ4n) is 3.33. The highest BCUT2D eigenvalue weighted by molar-refractivity contribution is 14.0.